The molecule has 0 bridgehead atoms. The number of rotatable bonds is 55. The largest absolute Gasteiger partial charge is 0.341 e. The Balaban J connectivity index is 1.24. The lowest BCUT2D eigenvalue weighted by molar-refractivity contribution is -0.0136. The second-order valence-electron chi connectivity index (χ2n) is 48.2. The molecule has 3 aromatic heterocycles. The molecule has 0 atom stereocenters. The molecule has 0 N–H and O–H groups in total. The van der Waals surface area contributed by atoms with Crippen LogP contribution in [0.1, 0.15) is 457 Å². The van der Waals surface area contributed by atoms with Crippen molar-refractivity contribution >= 4 is 47.6 Å². The van der Waals surface area contributed by atoms with E-state index >= 15 is 0 Å². The molecule has 8 rings (SSSR count). The van der Waals surface area contributed by atoms with Crippen LogP contribution in [0, 0.1) is 0 Å². The number of aromatic nitrogens is 9. The molecule has 5 saturated heterocycles. The zero-order valence-corrected chi connectivity index (χ0v) is 91.5. The molecule has 22 heteroatoms. The summed E-state index contributed by atoms with van der Waals surface area (Å²) in [7, 11) is 11.8. The van der Waals surface area contributed by atoms with E-state index in [1.54, 1.807) is 0 Å². The summed E-state index contributed by atoms with van der Waals surface area (Å²) in [5.41, 5.74) is -0.492. The van der Waals surface area contributed by atoms with E-state index in [0.717, 1.165) is 344 Å². The molecule has 3 aromatic rings. The van der Waals surface area contributed by atoms with Gasteiger partial charge in [-0.05, 0) is 321 Å². The predicted octanol–water partition coefficient (Wildman–Crippen LogP) is 24.5. The van der Waals surface area contributed by atoms with Gasteiger partial charge in [0.05, 0.1) is 0 Å². The van der Waals surface area contributed by atoms with Crippen LogP contribution in [-0.4, -0.2) is 262 Å². The zero-order chi connectivity index (χ0) is 96.2. The molecule has 748 valence electrons. The Kier molecular flexibility index (Phi) is 41.2. The van der Waals surface area contributed by atoms with Crippen LogP contribution < -0.4 is 39.2 Å². The van der Waals surface area contributed by atoms with Crippen molar-refractivity contribution in [2.75, 3.05) is 146 Å². The van der Waals surface area contributed by atoms with Gasteiger partial charge in [0.15, 0.2) is 0 Å². The first kappa shape index (κ1) is 111. The maximum absolute atomic E-state index is 6.20. The molecule has 22 nitrogen and oxygen atoms in total. The molecule has 0 aromatic carbocycles. The average Bonchev–Trinajstić information content (AvgIpc) is 0.760. The molecular formula is C108H206N22. The minimum atomic E-state index is -0.0791. The molecule has 0 unspecified atom stereocenters. The molecule has 0 amide bonds. The lowest BCUT2D eigenvalue weighted by Gasteiger charge is -2.56. The van der Waals surface area contributed by atoms with Crippen molar-refractivity contribution in [2.45, 2.75) is 536 Å². The number of nitrogens with zero attached hydrogens (tertiary/aromatic N) is 22. The van der Waals surface area contributed by atoms with Gasteiger partial charge in [0.1, 0.15) is 5.82 Å². The zero-order valence-electron chi connectivity index (χ0n) is 91.5. The van der Waals surface area contributed by atoms with Gasteiger partial charge in [0, 0.05) is 164 Å². The Hall–Kier alpha value is -4.77. The van der Waals surface area contributed by atoms with Gasteiger partial charge in [0.25, 0.3) is 0 Å². The summed E-state index contributed by atoms with van der Waals surface area (Å²) in [6, 6.07) is 1.15. The molecule has 5 aliphatic rings. The van der Waals surface area contributed by atoms with E-state index in [2.05, 4.69) is 300 Å². The minimum absolute atomic E-state index is 0.0169. The monoisotopic (exact) mass is 1810 g/mol. The molecule has 0 aliphatic carbocycles. The normalized spacial score (nSPS) is 20.9. The fourth-order valence-corrected chi connectivity index (χ4v) is 23.7. The number of piperidine rings is 5. The number of likely N-dealkylation sites (tertiary alicyclic amines) is 5. The van der Waals surface area contributed by atoms with Crippen molar-refractivity contribution in [2.24, 2.45) is 0 Å². The molecule has 0 radical (unpaired) electrons. The lowest BCUT2D eigenvalue weighted by atomic mass is 9.77. The van der Waals surface area contributed by atoms with E-state index in [1.807, 2.05) is 0 Å². The van der Waals surface area contributed by atoms with E-state index in [-0.39, 0.29) is 85.6 Å². The summed E-state index contributed by atoms with van der Waals surface area (Å²) in [5.74, 6) is 8.37. The van der Waals surface area contributed by atoms with Crippen molar-refractivity contribution in [3.05, 3.63) is 5.82 Å². The van der Waals surface area contributed by atoms with E-state index in [9.17, 15) is 0 Å². The summed E-state index contributed by atoms with van der Waals surface area (Å²) >= 11 is 0. The Labute approximate surface area is 801 Å². The van der Waals surface area contributed by atoms with Gasteiger partial charge < -0.3 is 39.2 Å². The molecule has 130 heavy (non-hydrogen) atoms. The predicted molar refractivity (Wildman–Crippen MR) is 561 cm³/mol. The molecule has 5 aliphatic heterocycles. The van der Waals surface area contributed by atoms with Crippen LogP contribution in [0.5, 0.6) is 0 Å². The van der Waals surface area contributed by atoms with Gasteiger partial charge in [-0.2, -0.15) is 44.9 Å². The van der Waals surface area contributed by atoms with Gasteiger partial charge in [0.2, 0.25) is 47.6 Å². The fourth-order valence-electron chi connectivity index (χ4n) is 23.7. The Morgan fingerprint density at radius 3 is 0.562 bits per heavy atom. The second-order valence-corrected chi connectivity index (χ2v) is 48.2. The Morgan fingerprint density at radius 2 is 0.362 bits per heavy atom. The standard InChI is InChI=1S/C108H206N22/c1-35-44-61-84(62-45-36-2)90-109-91(123(63-46-37-3)64-47-38-4)112-94(110-90)127(86-76-101(14,15)119(31)102(16,17)77-86)70-57-53-54-59-72-129(88-80-105(22,23)121(33)106(24,25)81-88)97-115-96(126(69-52-43-9)85-74-99(10,11)118(30)100(12,13)75-85)116-98(117-97)130(89-82-107(26,27)122(34)108(28,29)83-89)73-60-56-55-58-71-128(87-78-103(18,19)120(32)104(20,21)79-87)95-113-92(124(65-48-39-5)66-49-40-6)111-93(114-95)125(67-50-41-7)68-51-42-8/h84-89H,35-83H2,1-34H3. The van der Waals surface area contributed by atoms with Gasteiger partial charge >= 0.3 is 0 Å². The van der Waals surface area contributed by atoms with Crippen LogP contribution in [0.2, 0.25) is 0 Å². The summed E-state index contributed by atoms with van der Waals surface area (Å²) in [5, 5.41) is 0. The molecular weight excluding hydrogens is 1610 g/mol. The van der Waals surface area contributed by atoms with E-state index in [0.29, 0.717) is 5.92 Å². The van der Waals surface area contributed by atoms with Crippen LogP contribution in [0.15, 0.2) is 0 Å². The van der Waals surface area contributed by atoms with Gasteiger partial charge in [-0.25, -0.2) is 0 Å². The lowest BCUT2D eigenvalue weighted by Crippen LogP contribution is -2.63. The van der Waals surface area contributed by atoms with Crippen LogP contribution in [0.3, 0.4) is 0 Å². The van der Waals surface area contributed by atoms with Gasteiger partial charge in [-0.3, -0.25) is 24.5 Å². The van der Waals surface area contributed by atoms with Crippen LogP contribution in [0.25, 0.3) is 0 Å². The highest BCUT2D eigenvalue weighted by Gasteiger charge is 2.52. The summed E-state index contributed by atoms with van der Waals surface area (Å²) in [4.78, 5) is 87.1. The smallest absolute Gasteiger partial charge is 0.232 e. The van der Waals surface area contributed by atoms with Crippen molar-refractivity contribution in [3.63, 3.8) is 0 Å². The number of anilines is 8. The highest BCUT2D eigenvalue weighted by atomic mass is 15.5. The first-order valence-electron chi connectivity index (χ1n) is 54.1. The maximum Gasteiger partial charge on any atom is 0.232 e. The topological polar surface area (TPSA) is 158 Å². The minimum Gasteiger partial charge on any atom is -0.341 e. The third kappa shape index (κ3) is 29.2. The van der Waals surface area contributed by atoms with Crippen molar-refractivity contribution < 1.29 is 0 Å². The molecule has 0 spiro atoms. The van der Waals surface area contributed by atoms with E-state index in [1.165, 1.54) is 25.7 Å². The summed E-state index contributed by atoms with van der Waals surface area (Å²) < 4.78 is 0. The highest BCUT2D eigenvalue weighted by Crippen LogP contribution is 2.48. The number of hydrogen-bond acceptors (Lipinski definition) is 22. The SMILES string of the molecule is CCCCC(CCCC)c1nc(N(CCCC)CCCC)nc(N(CCCCCCN(c2nc(N(CCCC)C3CC(C)(C)N(C)C(C)(C)C3)nc(N(CCCCCCN(c3nc(N(CCCC)CCCC)nc(N(CCCC)CCCC)n3)C3CC(C)(C)N(C)C(C)(C)C3)C3CC(C)(C)N(C)C(C)(C)C3)n2)C2CC(C)(C)N(C)C(C)(C)C2)C2CC(C)(C)N(C)C(C)(C)C2)n1. The van der Waals surface area contributed by atoms with Crippen LogP contribution in [-0.2, 0) is 0 Å². The number of unbranched alkanes of at least 4 members (excludes halogenated alkanes) is 15. The fraction of sp³-hybridized carbons (Fsp3) is 0.917. The Bertz CT molecular complexity index is 3380. The molecule has 8 heterocycles. The van der Waals surface area contributed by atoms with Crippen molar-refractivity contribution in [3.8, 4) is 0 Å². The van der Waals surface area contributed by atoms with Gasteiger partial charge in [-0.15, -0.1) is 0 Å². The first-order valence-corrected chi connectivity index (χ1v) is 54.1. The average molecular weight is 1810 g/mol. The summed E-state index contributed by atoms with van der Waals surface area (Å²) in [6.07, 6.45) is 41.4. The highest BCUT2D eigenvalue weighted by molar-refractivity contribution is 5.51. The van der Waals surface area contributed by atoms with Crippen LogP contribution in [0.4, 0.5) is 47.6 Å². The molecule has 5 fully saturated rings. The van der Waals surface area contributed by atoms with Crippen LogP contribution >= 0.6 is 0 Å². The quantitative estimate of drug-likeness (QED) is 0.0491. The van der Waals surface area contributed by atoms with E-state index < -0.39 is 0 Å². The van der Waals surface area contributed by atoms with Gasteiger partial charge in [-0.1, -0.05) is 159 Å². The second kappa shape index (κ2) is 48.5. The third-order valence-electron chi connectivity index (χ3n) is 33.3. The third-order valence-corrected chi connectivity index (χ3v) is 33.3. The first-order chi connectivity index (χ1) is 61.1. The number of hydrogen-bond donors (Lipinski definition) is 0. The van der Waals surface area contributed by atoms with Crippen molar-refractivity contribution in [1.29, 1.82) is 0 Å². The molecule has 0 saturated carbocycles. The Morgan fingerprint density at radius 1 is 0.208 bits per heavy atom. The van der Waals surface area contributed by atoms with E-state index in [4.69, 9.17) is 44.9 Å². The maximum atomic E-state index is 6.20. The summed E-state index contributed by atoms with van der Waals surface area (Å²) in [6.45, 7) is 80.7. The van der Waals surface area contributed by atoms with Crippen molar-refractivity contribution in [1.82, 2.24) is 69.4 Å².